The summed E-state index contributed by atoms with van der Waals surface area (Å²) in [4.78, 5) is 0. The topological polar surface area (TPSA) is 33.2 Å². The SMILES string of the molecule is B[NH2+]CC[NH2+]B. The Bertz CT molecular complexity index is 21.5. The Morgan fingerprint density at radius 1 is 1.00 bits per heavy atom. The summed E-state index contributed by atoms with van der Waals surface area (Å²) < 4.78 is 0. The number of rotatable bonds is 3. The fourth-order valence-corrected chi connectivity index (χ4v) is 0.333. The van der Waals surface area contributed by atoms with Crippen molar-refractivity contribution in [2.45, 2.75) is 0 Å². The zero-order valence-corrected chi connectivity index (χ0v) is 4.57. The molecule has 4 heteroatoms. The van der Waals surface area contributed by atoms with Crippen LogP contribution in [0.4, 0.5) is 0 Å². The summed E-state index contributed by atoms with van der Waals surface area (Å²) in [6.45, 7) is 2.47. The van der Waals surface area contributed by atoms with Crippen molar-refractivity contribution in [3.05, 3.63) is 0 Å². The van der Waals surface area contributed by atoms with Crippen molar-refractivity contribution in [3.63, 3.8) is 0 Å². The van der Waals surface area contributed by atoms with E-state index in [2.05, 4.69) is 26.4 Å². The van der Waals surface area contributed by atoms with E-state index in [1.54, 1.807) is 0 Å². The quantitative estimate of drug-likeness (QED) is 0.255. The molecule has 2 nitrogen and oxygen atoms in total. The van der Waals surface area contributed by atoms with Gasteiger partial charge in [0.1, 0.15) is 13.1 Å². The molecule has 0 aliphatic rings. The van der Waals surface area contributed by atoms with E-state index in [0.29, 0.717) is 0 Å². The third-order valence-corrected chi connectivity index (χ3v) is 0.744. The summed E-state index contributed by atoms with van der Waals surface area (Å²) in [5.74, 6) is 0. The van der Waals surface area contributed by atoms with Crippen molar-refractivity contribution in [1.29, 1.82) is 0 Å². The molecule has 0 amide bonds. The highest BCUT2D eigenvalue weighted by molar-refractivity contribution is 5.94. The summed E-state index contributed by atoms with van der Waals surface area (Å²) >= 11 is 0. The van der Waals surface area contributed by atoms with Crippen LogP contribution in [-0.4, -0.2) is 29.1 Å². The molecule has 0 spiro atoms. The maximum atomic E-state index is 2.18. The van der Waals surface area contributed by atoms with Crippen molar-refractivity contribution >= 4 is 16.0 Å². The maximum Gasteiger partial charge on any atom is 0.369 e. The van der Waals surface area contributed by atoms with Gasteiger partial charge in [0.05, 0.1) is 0 Å². The van der Waals surface area contributed by atoms with Crippen LogP contribution in [0.5, 0.6) is 0 Å². The molecule has 0 heterocycles. The first-order chi connectivity index (χ1) is 2.91. The highest BCUT2D eigenvalue weighted by atomic mass is 14.8. The Morgan fingerprint density at radius 2 is 1.33 bits per heavy atom. The van der Waals surface area contributed by atoms with Gasteiger partial charge in [0, 0.05) is 0 Å². The molecule has 0 aliphatic carbocycles. The van der Waals surface area contributed by atoms with E-state index < -0.39 is 0 Å². The molecular formula is C2H12B2N2+2. The molecule has 34 valence electrons. The molecule has 0 bridgehead atoms. The summed E-state index contributed by atoms with van der Waals surface area (Å²) in [7, 11) is 4.17. The van der Waals surface area contributed by atoms with E-state index in [9.17, 15) is 0 Å². The van der Waals surface area contributed by atoms with Gasteiger partial charge in [-0.2, -0.15) is 0 Å². The molecular weight excluding hydrogens is 73.7 g/mol. The molecule has 0 saturated heterocycles. The molecule has 0 saturated carbocycles. The van der Waals surface area contributed by atoms with Crippen molar-refractivity contribution in [2.24, 2.45) is 0 Å². The Morgan fingerprint density at radius 3 is 1.50 bits per heavy atom. The summed E-state index contributed by atoms with van der Waals surface area (Å²) in [5, 5.41) is 4.36. The van der Waals surface area contributed by atoms with Gasteiger partial charge in [0.25, 0.3) is 0 Å². The fourth-order valence-electron chi connectivity index (χ4n) is 0.333. The lowest BCUT2D eigenvalue weighted by atomic mass is 10.3. The summed E-state index contributed by atoms with van der Waals surface area (Å²) in [6.07, 6.45) is 0. The van der Waals surface area contributed by atoms with Gasteiger partial charge in [0.2, 0.25) is 0 Å². The Labute approximate surface area is 40.6 Å². The molecule has 0 aromatic rings. The predicted octanol–water partition coefficient (Wildman–Crippen LogP) is -4.79. The lowest BCUT2D eigenvalue weighted by Crippen LogP contribution is -2.92. The zero-order valence-electron chi connectivity index (χ0n) is 4.57. The lowest BCUT2D eigenvalue weighted by Gasteiger charge is -1.88. The van der Waals surface area contributed by atoms with Crippen LogP contribution in [0.2, 0.25) is 0 Å². The maximum absolute atomic E-state index is 2.18. The molecule has 0 unspecified atom stereocenters. The molecule has 0 aliphatic heterocycles. The minimum atomic E-state index is 1.23. The molecule has 0 radical (unpaired) electrons. The number of quaternary nitrogens is 2. The number of hydrogen-bond donors (Lipinski definition) is 2. The average molecular weight is 85.8 g/mol. The third-order valence-electron chi connectivity index (χ3n) is 0.744. The minimum absolute atomic E-state index is 1.23. The standard InChI is InChI=1S/C2H10B2N2/c3-5-1-2-6-4/h5-6H,1-4H2/p+2. The molecule has 6 heavy (non-hydrogen) atoms. The monoisotopic (exact) mass is 86.1 g/mol. The van der Waals surface area contributed by atoms with Crippen molar-refractivity contribution < 1.29 is 10.5 Å². The lowest BCUT2D eigenvalue weighted by molar-refractivity contribution is -0.585. The highest BCUT2D eigenvalue weighted by Crippen LogP contribution is 1.20. The molecule has 0 atom stereocenters. The first-order valence-corrected chi connectivity index (χ1v) is 2.47. The normalized spacial score (nSPS) is 8.67. The first-order valence-electron chi connectivity index (χ1n) is 2.47. The average Bonchev–Trinajstić information content (AvgIpc) is 1.61. The van der Waals surface area contributed by atoms with Gasteiger partial charge in [-0.05, 0) is 0 Å². The van der Waals surface area contributed by atoms with E-state index in [1.165, 1.54) is 13.1 Å². The molecule has 4 N–H and O–H groups in total. The van der Waals surface area contributed by atoms with Crippen LogP contribution in [0.25, 0.3) is 0 Å². The van der Waals surface area contributed by atoms with Crippen molar-refractivity contribution in [3.8, 4) is 0 Å². The molecule has 0 aromatic heterocycles. The van der Waals surface area contributed by atoms with E-state index in [1.807, 2.05) is 0 Å². The first kappa shape index (κ1) is 6.05. The molecule has 0 fully saturated rings. The van der Waals surface area contributed by atoms with Crippen molar-refractivity contribution in [1.82, 2.24) is 0 Å². The van der Waals surface area contributed by atoms with E-state index in [-0.39, 0.29) is 0 Å². The van der Waals surface area contributed by atoms with Gasteiger partial charge in [-0.1, -0.05) is 0 Å². The second-order valence-electron chi connectivity index (χ2n) is 1.39. The van der Waals surface area contributed by atoms with Crippen molar-refractivity contribution in [2.75, 3.05) is 13.1 Å². The number of nitrogens with two attached hydrogens (primary N) is 2. The highest BCUT2D eigenvalue weighted by Gasteiger charge is 1.78. The Kier molecular flexibility index (Phi) is 5.09. The van der Waals surface area contributed by atoms with Gasteiger partial charge in [-0.15, -0.1) is 0 Å². The Hall–Kier alpha value is 0.0499. The van der Waals surface area contributed by atoms with Crippen LogP contribution in [0.15, 0.2) is 0 Å². The fraction of sp³-hybridized carbons (Fsp3) is 1.00. The van der Waals surface area contributed by atoms with Crippen LogP contribution in [0, 0.1) is 0 Å². The van der Waals surface area contributed by atoms with E-state index in [0.717, 1.165) is 0 Å². The predicted molar refractivity (Wildman–Crippen MR) is 30.7 cm³/mol. The summed E-state index contributed by atoms with van der Waals surface area (Å²) in [5.41, 5.74) is 0. The molecule has 0 aromatic carbocycles. The van der Waals surface area contributed by atoms with Crippen LogP contribution in [-0.2, 0) is 0 Å². The van der Waals surface area contributed by atoms with Crippen LogP contribution >= 0.6 is 0 Å². The third kappa shape index (κ3) is 4.05. The smallest absolute Gasteiger partial charge is 0.369 e. The summed E-state index contributed by atoms with van der Waals surface area (Å²) in [6, 6.07) is 0. The van der Waals surface area contributed by atoms with Gasteiger partial charge in [0.15, 0.2) is 0 Å². The van der Waals surface area contributed by atoms with Gasteiger partial charge < -0.3 is 10.5 Å². The van der Waals surface area contributed by atoms with Crippen LogP contribution in [0.1, 0.15) is 0 Å². The van der Waals surface area contributed by atoms with Gasteiger partial charge >= 0.3 is 16.0 Å². The zero-order chi connectivity index (χ0) is 4.83. The second kappa shape index (κ2) is 5.05. The van der Waals surface area contributed by atoms with E-state index >= 15 is 0 Å². The van der Waals surface area contributed by atoms with Gasteiger partial charge in [-0.25, -0.2) is 0 Å². The molecule has 0 rings (SSSR count). The Balaban J connectivity index is 2.34. The van der Waals surface area contributed by atoms with Crippen LogP contribution in [0.3, 0.4) is 0 Å². The van der Waals surface area contributed by atoms with Crippen LogP contribution < -0.4 is 10.5 Å². The second-order valence-corrected chi connectivity index (χ2v) is 1.39. The van der Waals surface area contributed by atoms with Gasteiger partial charge in [-0.3, -0.25) is 0 Å². The largest absolute Gasteiger partial charge is 0.417 e. The van der Waals surface area contributed by atoms with E-state index in [4.69, 9.17) is 0 Å². The number of hydrogen-bond acceptors (Lipinski definition) is 0. The minimum Gasteiger partial charge on any atom is -0.417 e.